The highest BCUT2D eigenvalue weighted by Crippen LogP contribution is 2.44. The van der Waals surface area contributed by atoms with Gasteiger partial charge in [-0.1, -0.05) is 97.3 Å². The molecule has 0 aliphatic heterocycles. The van der Waals surface area contributed by atoms with Crippen LogP contribution in [0.15, 0.2) is 24.3 Å². The summed E-state index contributed by atoms with van der Waals surface area (Å²) in [7, 11) is 0. The molecule has 0 aliphatic rings. The maximum atomic E-state index is 6.44. The summed E-state index contributed by atoms with van der Waals surface area (Å²) in [5, 5.41) is 1.52. The van der Waals surface area contributed by atoms with E-state index in [4.69, 9.17) is 79.1 Å². The Balaban J connectivity index is 2.45. The molecule has 0 N–H and O–H groups in total. The lowest BCUT2D eigenvalue weighted by atomic mass is 9.78. The van der Waals surface area contributed by atoms with E-state index in [1.165, 1.54) is 0 Å². The average molecular weight is 519 g/mol. The summed E-state index contributed by atoms with van der Waals surface area (Å²) in [6, 6.07) is 7.22. The van der Waals surface area contributed by atoms with Crippen molar-refractivity contribution in [3.63, 3.8) is 0 Å². The molecule has 2 aromatic carbocycles. The Bertz CT molecular complexity index is 753. The molecule has 2 unspecified atom stereocenters. The summed E-state index contributed by atoms with van der Waals surface area (Å²) in [5.41, 5.74) is 0.207. The number of hydrogen-bond acceptors (Lipinski definition) is 2. The third-order valence-corrected chi connectivity index (χ3v) is 6.49. The Morgan fingerprint density at radius 1 is 0.690 bits per heavy atom. The second-order valence-electron chi connectivity index (χ2n) is 7.04. The normalized spacial score (nSPS) is 13.9. The van der Waals surface area contributed by atoms with Gasteiger partial charge in [-0.3, -0.25) is 0 Å². The highest BCUT2D eigenvalue weighted by atomic mass is 35.5. The molecule has 0 fully saturated rings. The van der Waals surface area contributed by atoms with E-state index in [1.54, 1.807) is 24.3 Å². The predicted molar refractivity (Wildman–Crippen MR) is 126 cm³/mol. The Morgan fingerprint density at radius 2 is 0.966 bits per heavy atom. The van der Waals surface area contributed by atoms with Gasteiger partial charge < -0.3 is 9.47 Å². The minimum absolute atomic E-state index is 0.363. The van der Waals surface area contributed by atoms with Crippen molar-refractivity contribution in [2.45, 2.75) is 57.1 Å². The van der Waals surface area contributed by atoms with Crippen LogP contribution in [0.3, 0.4) is 0 Å². The minimum Gasteiger partial charge on any atom is -0.472 e. The van der Waals surface area contributed by atoms with E-state index in [1.807, 2.05) is 27.7 Å². The third-order valence-electron chi connectivity index (χ3n) is 4.57. The Hall–Kier alpha value is -0.220. The van der Waals surface area contributed by atoms with Crippen molar-refractivity contribution < 1.29 is 9.47 Å². The molecule has 8 heteroatoms. The molecule has 2 nitrogen and oxygen atoms in total. The van der Waals surface area contributed by atoms with Crippen molar-refractivity contribution in [1.82, 2.24) is 0 Å². The first-order valence-corrected chi connectivity index (χ1v) is 11.5. The summed E-state index contributed by atoms with van der Waals surface area (Å²) < 4.78 is 11.3. The molecule has 0 spiro atoms. The monoisotopic (exact) mass is 516 g/mol. The molecule has 0 heterocycles. The van der Waals surface area contributed by atoms with Gasteiger partial charge in [0.2, 0.25) is 0 Å². The van der Waals surface area contributed by atoms with Crippen LogP contribution in [-0.2, 0) is 5.41 Å². The van der Waals surface area contributed by atoms with Gasteiger partial charge in [-0.15, -0.1) is 0 Å². The minimum atomic E-state index is -0.511. The third kappa shape index (κ3) is 5.93. The standard InChI is InChI=1S/C21H22Cl6O2/c1-5-17(26)28-19-13(22)7-11(8-14(19)23)21(3,4)12-9-15(24)20(16(25)10-12)29-18(27)6-2/h7-10,17-18H,5-6H2,1-4H3. The zero-order valence-electron chi connectivity index (χ0n) is 16.5. The average Bonchev–Trinajstić information content (AvgIpc) is 2.66. The maximum Gasteiger partial charge on any atom is 0.172 e. The number of hydrogen-bond donors (Lipinski definition) is 0. The van der Waals surface area contributed by atoms with Gasteiger partial charge >= 0.3 is 0 Å². The Labute approximate surface area is 202 Å². The molecule has 0 amide bonds. The number of alkyl halides is 2. The van der Waals surface area contributed by atoms with E-state index in [-0.39, 0.29) is 0 Å². The topological polar surface area (TPSA) is 18.5 Å². The van der Waals surface area contributed by atoms with Crippen LogP contribution in [-0.4, -0.2) is 11.1 Å². The van der Waals surface area contributed by atoms with Crippen molar-refractivity contribution in [2.75, 3.05) is 0 Å². The number of benzene rings is 2. The lowest BCUT2D eigenvalue weighted by Gasteiger charge is -2.28. The van der Waals surface area contributed by atoms with E-state index >= 15 is 0 Å². The maximum absolute atomic E-state index is 6.44. The van der Waals surface area contributed by atoms with Crippen LogP contribution in [0.2, 0.25) is 20.1 Å². The SMILES string of the molecule is CCC(Cl)Oc1c(Cl)cc(C(C)(C)c2cc(Cl)c(OC(Cl)CC)c(Cl)c2)cc1Cl. The summed E-state index contributed by atoms with van der Waals surface area (Å²) in [4.78, 5) is 0. The fourth-order valence-electron chi connectivity index (χ4n) is 2.66. The fourth-order valence-corrected chi connectivity index (χ4v) is 3.99. The quantitative estimate of drug-likeness (QED) is 0.324. The predicted octanol–water partition coefficient (Wildman–Crippen LogP) is 9.33. The summed E-state index contributed by atoms with van der Waals surface area (Å²) in [6.07, 6.45) is 1.24. The van der Waals surface area contributed by atoms with Crippen LogP contribution < -0.4 is 9.47 Å². The molecule has 0 aliphatic carbocycles. The molecule has 0 radical (unpaired) electrons. The van der Waals surface area contributed by atoms with Gasteiger partial charge in [0.25, 0.3) is 0 Å². The molecule has 160 valence electrons. The van der Waals surface area contributed by atoms with E-state index in [0.29, 0.717) is 44.4 Å². The largest absolute Gasteiger partial charge is 0.472 e. The first-order valence-electron chi connectivity index (χ1n) is 9.11. The van der Waals surface area contributed by atoms with Crippen molar-refractivity contribution >= 4 is 69.6 Å². The molecule has 2 rings (SSSR count). The molecular weight excluding hydrogens is 497 g/mol. The highest BCUT2D eigenvalue weighted by molar-refractivity contribution is 6.38. The van der Waals surface area contributed by atoms with E-state index in [0.717, 1.165) is 11.1 Å². The van der Waals surface area contributed by atoms with Crippen LogP contribution in [0.25, 0.3) is 0 Å². The van der Waals surface area contributed by atoms with Gasteiger partial charge in [-0.05, 0) is 48.2 Å². The molecule has 0 saturated heterocycles. The van der Waals surface area contributed by atoms with Gasteiger partial charge in [0.1, 0.15) is 0 Å². The second-order valence-corrected chi connectivity index (χ2v) is 9.64. The molecule has 2 atom stereocenters. The molecule has 2 aromatic rings. The van der Waals surface area contributed by atoms with Gasteiger partial charge in [-0.25, -0.2) is 0 Å². The molecule has 0 saturated carbocycles. The highest BCUT2D eigenvalue weighted by Gasteiger charge is 2.28. The zero-order valence-corrected chi connectivity index (χ0v) is 21.0. The molecule has 29 heavy (non-hydrogen) atoms. The van der Waals surface area contributed by atoms with Crippen molar-refractivity contribution in [3.05, 3.63) is 55.5 Å². The van der Waals surface area contributed by atoms with Crippen LogP contribution in [0.5, 0.6) is 11.5 Å². The van der Waals surface area contributed by atoms with Crippen LogP contribution >= 0.6 is 69.6 Å². The summed E-state index contributed by atoms with van der Waals surface area (Å²) in [5.74, 6) is 0.726. The van der Waals surface area contributed by atoms with Crippen LogP contribution in [0.4, 0.5) is 0 Å². The summed E-state index contributed by atoms with van der Waals surface area (Å²) >= 11 is 37.9. The molecule has 0 bridgehead atoms. The van der Waals surface area contributed by atoms with Gasteiger partial charge in [0.05, 0.1) is 20.1 Å². The van der Waals surface area contributed by atoms with E-state index in [9.17, 15) is 0 Å². The van der Waals surface area contributed by atoms with Gasteiger partial charge in [0, 0.05) is 5.41 Å². The zero-order chi connectivity index (χ0) is 21.9. The first-order chi connectivity index (χ1) is 13.5. The van der Waals surface area contributed by atoms with Crippen molar-refractivity contribution in [1.29, 1.82) is 0 Å². The Morgan fingerprint density at radius 3 is 1.21 bits per heavy atom. The van der Waals surface area contributed by atoms with Gasteiger partial charge in [0.15, 0.2) is 22.6 Å². The molecular formula is C21H22Cl6O2. The van der Waals surface area contributed by atoms with Gasteiger partial charge in [-0.2, -0.15) is 0 Å². The van der Waals surface area contributed by atoms with Crippen molar-refractivity contribution in [2.24, 2.45) is 0 Å². The molecule has 0 aromatic heterocycles. The fraction of sp³-hybridized carbons (Fsp3) is 0.429. The van der Waals surface area contributed by atoms with Crippen LogP contribution in [0.1, 0.15) is 51.7 Å². The lowest BCUT2D eigenvalue weighted by molar-refractivity contribution is 0.277. The summed E-state index contributed by atoms with van der Waals surface area (Å²) in [6.45, 7) is 7.85. The van der Waals surface area contributed by atoms with E-state index < -0.39 is 16.5 Å². The Kier molecular flexibility index (Phi) is 8.98. The number of halogens is 6. The lowest BCUT2D eigenvalue weighted by Crippen LogP contribution is -2.20. The van der Waals surface area contributed by atoms with E-state index in [2.05, 4.69) is 0 Å². The number of ether oxygens (including phenoxy) is 2. The van der Waals surface area contributed by atoms with Crippen molar-refractivity contribution in [3.8, 4) is 11.5 Å². The smallest absolute Gasteiger partial charge is 0.172 e. The second kappa shape index (κ2) is 10.4. The van der Waals surface area contributed by atoms with Crippen LogP contribution in [0, 0.1) is 0 Å². The number of rotatable bonds is 8. The first kappa shape index (κ1) is 25.0.